The summed E-state index contributed by atoms with van der Waals surface area (Å²) >= 11 is 0. The minimum absolute atomic E-state index is 0.579. The first-order valence-corrected chi connectivity index (χ1v) is 6.69. The number of nitrogens with one attached hydrogen (secondary N) is 1. The highest BCUT2D eigenvalue weighted by Crippen LogP contribution is 2.21. The first-order valence-electron chi connectivity index (χ1n) is 6.69. The molecule has 7 nitrogen and oxygen atoms in total. The third-order valence-electron chi connectivity index (χ3n) is 3.33. The minimum Gasteiger partial charge on any atom is -0.305 e. The molecule has 3 aromatic heterocycles. The summed E-state index contributed by atoms with van der Waals surface area (Å²) in [5.41, 5.74) is 3.82. The molecule has 22 heavy (non-hydrogen) atoms. The molecule has 106 valence electrons. The van der Waals surface area contributed by atoms with Crippen LogP contribution in [0.2, 0.25) is 0 Å². The largest absolute Gasteiger partial charge is 0.305 e. The van der Waals surface area contributed by atoms with E-state index in [9.17, 15) is 0 Å². The summed E-state index contributed by atoms with van der Waals surface area (Å²) in [6.07, 6.45) is 7.20. The molecule has 0 aliphatic carbocycles. The van der Waals surface area contributed by atoms with E-state index >= 15 is 0 Å². The number of H-pyrrole nitrogens is 1. The summed E-state index contributed by atoms with van der Waals surface area (Å²) in [4.78, 5) is 8.53. The zero-order chi connectivity index (χ0) is 14.8. The minimum atomic E-state index is 0.579. The summed E-state index contributed by atoms with van der Waals surface area (Å²) in [7, 11) is 0. The Hall–Kier alpha value is -3.35. The molecule has 0 amide bonds. The maximum atomic E-state index is 4.50. The van der Waals surface area contributed by atoms with Gasteiger partial charge in [-0.2, -0.15) is 5.21 Å². The van der Waals surface area contributed by atoms with Gasteiger partial charge in [-0.3, -0.25) is 4.98 Å². The molecule has 1 N–H and O–H groups in total. The third kappa shape index (κ3) is 2.24. The van der Waals surface area contributed by atoms with Gasteiger partial charge in [-0.15, -0.1) is 10.2 Å². The molecule has 0 bridgehead atoms. The van der Waals surface area contributed by atoms with E-state index in [1.807, 2.05) is 53.4 Å². The molecule has 7 heteroatoms. The number of pyridine rings is 1. The van der Waals surface area contributed by atoms with Crippen molar-refractivity contribution in [3.05, 3.63) is 61.3 Å². The van der Waals surface area contributed by atoms with E-state index in [1.54, 1.807) is 12.5 Å². The highest BCUT2D eigenvalue weighted by molar-refractivity contribution is 5.65. The van der Waals surface area contributed by atoms with Gasteiger partial charge in [0, 0.05) is 23.5 Å². The Labute approximate surface area is 125 Å². The number of tetrazole rings is 1. The van der Waals surface area contributed by atoms with Crippen molar-refractivity contribution in [2.24, 2.45) is 0 Å². The number of aromatic amines is 1. The van der Waals surface area contributed by atoms with Gasteiger partial charge < -0.3 is 4.57 Å². The number of rotatable bonds is 3. The fourth-order valence-electron chi connectivity index (χ4n) is 2.20. The van der Waals surface area contributed by atoms with Gasteiger partial charge in [0.15, 0.2) is 0 Å². The number of hydrogen-bond acceptors (Lipinski definition) is 5. The van der Waals surface area contributed by atoms with Gasteiger partial charge >= 0.3 is 0 Å². The molecule has 0 saturated carbocycles. The lowest BCUT2D eigenvalue weighted by Crippen LogP contribution is -1.92. The van der Waals surface area contributed by atoms with Crippen LogP contribution in [0.25, 0.3) is 28.3 Å². The van der Waals surface area contributed by atoms with E-state index < -0.39 is 0 Å². The Morgan fingerprint density at radius 3 is 2.45 bits per heavy atom. The van der Waals surface area contributed by atoms with Crippen LogP contribution in [-0.4, -0.2) is 35.2 Å². The van der Waals surface area contributed by atoms with Crippen LogP contribution < -0.4 is 0 Å². The smallest absolute Gasteiger partial charge is 0.204 e. The quantitative estimate of drug-likeness (QED) is 0.624. The van der Waals surface area contributed by atoms with Crippen LogP contribution in [0, 0.1) is 0 Å². The molecule has 0 fully saturated rings. The average molecular weight is 289 g/mol. The molecule has 0 unspecified atom stereocenters. The molecule has 0 saturated heterocycles. The van der Waals surface area contributed by atoms with Crippen LogP contribution >= 0.6 is 0 Å². The summed E-state index contributed by atoms with van der Waals surface area (Å²) in [5.74, 6) is 0.579. The first-order chi connectivity index (χ1) is 10.9. The molecule has 3 heterocycles. The zero-order valence-corrected chi connectivity index (χ0v) is 11.5. The van der Waals surface area contributed by atoms with Gasteiger partial charge in [0.1, 0.15) is 0 Å². The lowest BCUT2D eigenvalue weighted by Gasteiger charge is -2.04. The van der Waals surface area contributed by atoms with Crippen molar-refractivity contribution in [2.45, 2.75) is 0 Å². The Morgan fingerprint density at radius 2 is 1.82 bits per heavy atom. The monoisotopic (exact) mass is 289 g/mol. The lowest BCUT2D eigenvalue weighted by molar-refractivity contribution is 0.881. The molecule has 4 aromatic rings. The summed E-state index contributed by atoms with van der Waals surface area (Å²) in [6.45, 7) is 0. The second kappa shape index (κ2) is 5.21. The third-order valence-corrected chi connectivity index (χ3v) is 3.33. The van der Waals surface area contributed by atoms with E-state index in [0.29, 0.717) is 5.82 Å². The molecular formula is C15H11N7. The Morgan fingerprint density at radius 1 is 0.955 bits per heavy atom. The number of benzene rings is 1. The van der Waals surface area contributed by atoms with Gasteiger partial charge in [0.2, 0.25) is 5.82 Å². The molecule has 1 aromatic carbocycles. The van der Waals surface area contributed by atoms with Crippen molar-refractivity contribution in [1.82, 2.24) is 35.2 Å². The topological polar surface area (TPSA) is 85.2 Å². The first kappa shape index (κ1) is 12.4. The van der Waals surface area contributed by atoms with Crippen LogP contribution in [0.1, 0.15) is 0 Å². The second-order valence-electron chi connectivity index (χ2n) is 4.68. The fraction of sp³-hybridized carbons (Fsp3) is 0. The van der Waals surface area contributed by atoms with Gasteiger partial charge in [0.25, 0.3) is 0 Å². The van der Waals surface area contributed by atoms with Gasteiger partial charge in [-0.1, -0.05) is 24.3 Å². The normalized spacial score (nSPS) is 10.7. The standard InChI is InChI=1S/C15H11N7/c1-3-12(15-18-20-21-19-15)4-2-11(1)14-6-5-13(9-17-14)22-8-7-16-10-22/h1-10H,(H,18,19,20,21). The maximum absolute atomic E-state index is 4.50. The highest BCUT2D eigenvalue weighted by Gasteiger charge is 2.05. The SMILES string of the molecule is c1cn(-c2ccc(-c3ccc(-c4nn[nH]n4)cc3)nc2)cn1. The maximum Gasteiger partial charge on any atom is 0.204 e. The molecule has 0 atom stereocenters. The number of aromatic nitrogens is 7. The fourth-order valence-corrected chi connectivity index (χ4v) is 2.20. The number of hydrogen-bond donors (Lipinski definition) is 1. The van der Waals surface area contributed by atoms with Crippen molar-refractivity contribution >= 4 is 0 Å². The van der Waals surface area contributed by atoms with Crippen LogP contribution in [0.15, 0.2) is 61.3 Å². The molecular weight excluding hydrogens is 278 g/mol. The molecule has 0 aliphatic heterocycles. The van der Waals surface area contributed by atoms with E-state index in [4.69, 9.17) is 0 Å². The van der Waals surface area contributed by atoms with Crippen molar-refractivity contribution in [3.63, 3.8) is 0 Å². The molecule has 0 radical (unpaired) electrons. The van der Waals surface area contributed by atoms with Crippen LogP contribution in [0.4, 0.5) is 0 Å². The Kier molecular flexibility index (Phi) is 2.93. The number of nitrogens with zero attached hydrogens (tertiary/aromatic N) is 6. The number of imidazole rings is 1. The molecule has 0 spiro atoms. The van der Waals surface area contributed by atoms with E-state index in [0.717, 1.165) is 22.5 Å². The molecule has 0 aliphatic rings. The van der Waals surface area contributed by atoms with Gasteiger partial charge in [0.05, 0.1) is 23.9 Å². The van der Waals surface area contributed by atoms with Crippen molar-refractivity contribution in [3.8, 4) is 28.3 Å². The van der Waals surface area contributed by atoms with Crippen molar-refractivity contribution in [1.29, 1.82) is 0 Å². The Balaban J connectivity index is 1.62. The molecule has 4 rings (SSSR count). The summed E-state index contributed by atoms with van der Waals surface area (Å²) in [5, 5.41) is 13.9. The lowest BCUT2D eigenvalue weighted by atomic mass is 10.1. The predicted molar refractivity (Wildman–Crippen MR) is 80.0 cm³/mol. The summed E-state index contributed by atoms with van der Waals surface area (Å²) in [6, 6.07) is 11.9. The average Bonchev–Trinajstić information content (AvgIpc) is 3.29. The second-order valence-corrected chi connectivity index (χ2v) is 4.68. The van der Waals surface area contributed by atoms with Gasteiger partial charge in [-0.05, 0) is 17.3 Å². The predicted octanol–water partition coefficient (Wildman–Crippen LogP) is 2.11. The highest BCUT2D eigenvalue weighted by atomic mass is 15.5. The van der Waals surface area contributed by atoms with E-state index in [1.165, 1.54) is 0 Å². The zero-order valence-electron chi connectivity index (χ0n) is 11.5. The summed E-state index contributed by atoms with van der Waals surface area (Å²) < 4.78 is 1.91. The van der Waals surface area contributed by atoms with Crippen LogP contribution in [-0.2, 0) is 0 Å². The van der Waals surface area contributed by atoms with Gasteiger partial charge in [-0.25, -0.2) is 4.98 Å². The van der Waals surface area contributed by atoms with E-state index in [-0.39, 0.29) is 0 Å². The van der Waals surface area contributed by atoms with Crippen LogP contribution in [0.5, 0.6) is 0 Å². The Bertz CT molecular complexity index is 772. The van der Waals surface area contributed by atoms with Crippen LogP contribution in [0.3, 0.4) is 0 Å². The van der Waals surface area contributed by atoms with Crippen molar-refractivity contribution < 1.29 is 0 Å². The van der Waals surface area contributed by atoms with Crippen molar-refractivity contribution in [2.75, 3.05) is 0 Å². The van der Waals surface area contributed by atoms with E-state index in [2.05, 4.69) is 30.6 Å².